The van der Waals surface area contributed by atoms with Crippen LogP contribution in [-0.4, -0.2) is 52.6 Å². The number of nitrogens with zero attached hydrogens (tertiary/aromatic N) is 3. The first-order chi connectivity index (χ1) is 9.70. The van der Waals surface area contributed by atoms with Crippen molar-refractivity contribution in [3.63, 3.8) is 0 Å². The number of H-pyrrole nitrogens is 1. The van der Waals surface area contributed by atoms with Gasteiger partial charge in [-0.2, -0.15) is 9.97 Å². The minimum Gasteiger partial charge on any atom is -0.383 e. The molecule has 20 heavy (non-hydrogen) atoms. The third kappa shape index (κ3) is 3.78. The summed E-state index contributed by atoms with van der Waals surface area (Å²) in [7, 11) is 1.59. The Hall–Kier alpha value is -1.93. The lowest BCUT2D eigenvalue weighted by atomic mass is 10.4. The molecule has 0 radical (unpaired) electrons. The maximum absolute atomic E-state index is 11.5. The van der Waals surface area contributed by atoms with Crippen molar-refractivity contribution in [2.75, 3.05) is 32.1 Å². The first-order valence-corrected chi connectivity index (χ1v) is 6.44. The van der Waals surface area contributed by atoms with Gasteiger partial charge in [0.05, 0.1) is 12.9 Å². The molecule has 0 bridgehead atoms. The molecule has 0 aliphatic carbocycles. The van der Waals surface area contributed by atoms with E-state index in [1.165, 1.54) is 6.33 Å². The SMILES string of the molecule is COCCNC(=O)CCNc1nc(Cl)nc2nc[nH]c12. The fourth-order valence-corrected chi connectivity index (χ4v) is 1.77. The second-order valence-electron chi connectivity index (χ2n) is 3.96. The summed E-state index contributed by atoms with van der Waals surface area (Å²) in [6.07, 6.45) is 1.83. The number of methoxy groups -OCH3 is 1. The molecule has 0 saturated carbocycles. The Balaban J connectivity index is 1.86. The number of aromatic nitrogens is 4. The molecule has 3 N–H and O–H groups in total. The van der Waals surface area contributed by atoms with Gasteiger partial charge in [-0.1, -0.05) is 0 Å². The molecule has 1 amide bonds. The van der Waals surface area contributed by atoms with E-state index >= 15 is 0 Å². The normalized spacial score (nSPS) is 10.7. The van der Waals surface area contributed by atoms with Crippen LogP contribution in [0.25, 0.3) is 11.2 Å². The fourth-order valence-electron chi connectivity index (χ4n) is 1.61. The van der Waals surface area contributed by atoms with Crippen molar-refractivity contribution in [1.29, 1.82) is 0 Å². The molecule has 0 saturated heterocycles. The fraction of sp³-hybridized carbons (Fsp3) is 0.455. The summed E-state index contributed by atoms with van der Waals surface area (Å²) in [5.74, 6) is 0.470. The smallest absolute Gasteiger partial charge is 0.226 e. The predicted molar refractivity (Wildman–Crippen MR) is 74.7 cm³/mol. The van der Waals surface area contributed by atoms with E-state index in [0.29, 0.717) is 43.1 Å². The Morgan fingerprint density at radius 1 is 1.45 bits per heavy atom. The van der Waals surface area contributed by atoms with E-state index in [1.54, 1.807) is 7.11 Å². The highest BCUT2D eigenvalue weighted by atomic mass is 35.5. The molecule has 9 heteroatoms. The second-order valence-corrected chi connectivity index (χ2v) is 4.30. The van der Waals surface area contributed by atoms with E-state index in [1.807, 2.05) is 0 Å². The maximum atomic E-state index is 11.5. The van der Waals surface area contributed by atoms with Crippen molar-refractivity contribution in [2.24, 2.45) is 0 Å². The molecule has 2 rings (SSSR count). The molecule has 0 aliphatic rings. The van der Waals surface area contributed by atoms with Crippen LogP contribution < -0.4 is 10.6 Å². The van der Waals surface area contributed by atoms with E-state index < -0.39 is 0 Å². The zero-order valence-corrected chi connectivity index (χ0v) is 11.7. The van der Waals surface area contributed by atoms with Gasteiger partial charge in [0, 0.05) is 26.6 Å². The van der Waals surface area contributed by atoms with Crippen LogP contribution in [-0.2, 0) is 9.53 Å². The number of hydrogen-bond acceptors (Lipinski definition) is 6. The number of fused-ring (bicyclic) bond motifs is 1. The van der Waals surface area contributed by atoms with Gasteiger partial charge in [-0.05, 0) is 11.6 Å². The largest absolute Gasteiger partial charge is 0.383 e. The van der Waals surface area contributed by atoms with Gasteiger partial charge in [0.1, 0.15) is 5.52 Å². The highest BCUT2D eigenvalue weighted by Gasteiger charge is 2.09. The zero-order valence-electron chi connectivity index (χ0n) is 10.9. The molecule has 8 nitrogen and oxygen atoms in total. The Kier molecular flexibility index (Phi) is 5.08. The molecule has 2 aromatic rings. The van der Waals surface area contributed by atoms with Crippen molar-refractivity contribution in [2.45, 2.75) is 6.42 Å². The van der Waals surface area contributed by atoms with Crippen LogP contribution in [0.1, 0.15) is 6.42 Å². The van der Waals surface area contributed by atoms with Gasteiger partial charge < -0.3 is 20.4 Å². The number of carbonyl (C=O) groups is 1. The summed E-state index contributed by atoms with van der Waals surface area (Å²) in [5.41, 5.74) is 1.14. The Morgan fingerprint density at radius 2 is 2.30 bits per heavy atom. The summed E-state index contributed by atoms with van der Waals surface area (Å²) in [5, 5.41) is 5.88. The van der Waals surface area contributed by atoms with Crippen molar-refractivity contribution in [1.82, 2.24) is 25.3 Å². The number of halogens is 1. The highest BCUT2D eigenvalue weighted by Crippen LogP contribution is 2.18. The van der Waals surface area contributed by atoms with E-state index in [-0.39, 0.29) is 11.2 Å². The van der Waals surface area contributed by atoms with E-state index in [2.05, 4.69) is 30.6 Å². The van der Waals surface area contributed by atoms with Crippen molar-refractivity contribution >= 4 is 34.5 Å². The van der Waals surface area contributed by atoms with Crippen LogP contribution in [0.15, 0.2) is 6.33 Å². The average Bonchev–Trinajstić information content (AvgIpc) is 2.87. The summed E-state index contributed by atoms with van der Waals surface area (Å²) in [6.45, 7) is 1.43. The van der Waals surface area contributed by atoms with Crippen molar-refractivity contribution < 1.29 is 9.53 Å². The number of hydrogen-bond donors (Lipinski definition) is 3. The van der Waals surface area contributed by atoms with Crippen LogP contribution in [0.3, 0.4) is 0 Å². The second kappa shape index (κ2) is 7.01. The van der Waals surface area contributed by atoms with E-state index in [4.69, 9.17) is 16.3 Å². The van der Waals surface area contributed by atoms with Gasteiger partial charge in [-0.3, -0.25) is 4.79 Å². The molecule has 2 aromatic heterocycles. The van der Waals surface area contributed by atoms with Gasteiger partial charge >= 0.3 is 0 Å². The third-order valence-corrected chi connectivity index (χ3v) is 2.70. The molecule has 0 atom stereocenters. The van der Waals surface area contributed by atoms with Crippen LogP contribution in [0.5, 0.6) is 0 Å². The topological polar surface area (TPSA) is 105 Å². The average molecular weight is 299 g/mol. The van der Waals surface area contributed by atoms with Gasteiger partial charge in [0.2, 0.25) is 11.2 Å². The van der Waals surface area contributed by atoms with Gasteiger partial charge in [0.15, 0.2) is 11.5 Å². The predicted octanol–water partition coefficient (Wildman–Crippen LogP) is 0.571. The lowest BCUT2D eigenvalue weighted by Crippen LogP contribution is -2.28. The standard InChI is InChI=1S/C11H15ClN6O2/c1-20-5-4-13-7(19)2-3-14-9-8-10(16-6-15-8)18-11(12)17-9/h6H,2-5H2,1H3,(H,13,19)(H2,14,15,16,17,18). The molecular formula is C11H15ClN6O2. The minimum atomic E-state index is -0.0597. The lowest BCUT2D eigenvalue weighted by Gasteiger charge is -2.07. The highest BCUT2D eigenvalue weighted by molar-refractivity contribution is 6.28. The number of imidazole rings is 1. The number of nitrogens with one attached hydrogen (secondary N) is 3. The molecule has 0 fully saturated rings. The van der Waals surface area contributed by atoms with E-state index in [9.17, 15) is 4.79 Å². The molecule has 108 valence electrons. The van der Waals surface area contributed by atoms with Crippen LogP contribution in [0.4, 0.5) is 5.82 Å². The quantitative estimate of drug-likeness (QED) is 0.510. The van der Waals surface area contributed by atoms with E-state index in [0.717, 1.165) is 0 Å². The van der Waals surface area contributed by atoms with Crippen LogP contribution >= 0.6 is 11.6 Å². The Morgan fingerprint density at radius 3 is 3.10 bits per heavy atom. The number of amides is 1. The van der Waals surface area contributed by atoms with Crippen LogP contribution in [0.2, 0.25) is 5.28 Å². The number of ether oxygens (including phenoxy) is 1. The third-order valence-electron chi connectivity index (χ3n) is 2.53. The first kappa shape index (κ1) is 14.5. The molecular weight excluding hydrogens is 284 g/mol. The number of anilines is 1. The minimum absolute atomic E-state index is 0.0597. The monoisotopic (exact) mass is 298 g/mol. The van der Waals surface area contributed by atoms with Crippen molar-refractivity contribution in [3.05, 3.63) is 11.6 Å². The number of rotatable bonds is 7. The molecule has 0 aromatic carbocycles. The summed E-state index contributed by atoms with van der Waals surface area (Å²) in [4.78, 5) is 26.5. The summed E-state index contributed by atoms with van der Waals surface area (Å²) < 4.78 is 4.85. The molecule has 0 aliphatic heterocycles. The summed E-state index contributed by atoms with van der Waals surface area (Å²) in [6, 6.07) is 0. The lowest BCUT2D eigenvalue weighted by molar-refractivity contribution is -0.121. The Labute approximate surface area is 120 Å². The molecule has 0 unspecified atom stereocenters. The van der Waals surface area contributed by atoms with Gasteiger partial charge in [0.25, 0.3) is 0 Å². The number of aromatic amines is 1. The zero-order chi connectivity index (χ0) is 14.4. The molecule has 2 heterocycles. The molecule has 0 spiro atoms. The van der Waals surface area contributed by atoms with Crippen molar-refractivity contribution in [3.8, 4) is 0 Å². The first-order valence-electron chi connectivity index (χ1n) is 6.07. The van der Waals surface area contributed by atoms with Gasteiger partial charge in [-0.15, -0.1) is 0 Å². The van der Waals surface area contributed by atoms with Crippen LogP contribution in [0, 0.1) is 0 Å². The Bertz CT molecular complexity index is 587. The maximum Gasteiger partial charge on any atom is 0.226 e. The number of carbonyl (C=O) groups excluding carboxylic acids is 1. The van der Waals surface area contributed by atoms with Gasteiger partial charge in [-0.25, -0.2) is 4.98 Å². The summed E-state index contributed by atoms with van der Waals surface area (Å²) >= 11 is 5.80.